The van der Waals surface area contributed by atoms with E-state index in [1.165, 1.54) is 12.8 Å². The number of carbonyl (C=O) groups is 1. The number of rotatable bonds is 4. The van der Waals surface area contributed by atoms with Crippen LogP contribution in [0.4, 0.5) is 19.0 Å². The molecule has 0 aromatic carbocycles. The number of carboxylic acids is 1. The molecule has 4 N–H and O–H groups in total. The van der Waals surface area contributed by atoms with Crippen LogP contribution in [0.2, 0.25) is 0 Å². The van der Waals surface area contributed by atoms with E-state index >= 15 is 0 Å². The van der Waals surface area contributed by atoms with Gasteiger partial charge in [-0.3, -0.25) is 4.68 Å². The van der Waals surface area contributed by atoms with E-state index in [1.807, 2.05) is 25.2 Å². The Morgan fingerprint density at radius 2 is 1.93 bits per heavy atom. The largest absolute Gasteiger partial charge is 0.490 e. The average Bonchev–Trinajstić information content (AvgIpc) is 3.10. The molecule has 29 heavy (non-hydrogen) atoms. The Kier molecular flexibility index (Phi) is 7.17. The summed E-state index contributed by atoms with van der Waals surface area (Å²) in [5.74, 6) is -1.92. The molecule has 0 spiro atoms. The van der Waals surface area contributed by atoms with Crippen LogP contribution in [0.25, 0.3) is 11.4 Å². The quantitative estimate of drug-likeness (QED) is 0.704. The van der Waals surface area contributed by atoms with Gasteiger partial charge in [0, 0.05) is 19.3 Å². The van der Waals surface area contributed by atoms with Crippen molar-refractivity contribution in [2.45, 2.75) is 44.8 Å². The maximum atomic E-state index is 10.6. The first-order valence-corrected chi connectivity index (χ1v) is 9.13. The standard InChI is InChI=1S/C16H24N6.C2HF3O2/c1-16(11-17)8-5-12(6-9-16)19-15-4-3-13(20-21-15)14-7-10-18-22(14)2;3-2(4,5)1(6)7/h3-4,7,10,12H,5-6,8-9,11,17H2,1-2H3,(H,19,21);(H,6,7). The molecule has 0 atom stereocenters. The van der Waals surface area contributed by atoms with Crippen molar-refractivity contribution in [1.29, 1.82) is 0 Å². The number of aliphatic carboxylic acids is 1. The van der Waals surface area contributed by atoms with Crippen molar-refractivity contribution in [2.24, 2.45) is 18.2 Å². The second-order valence-electron chi connectivity index (χ2n) is 7.38. The highest BCUT2D eigenvalue weighted by atomic mass is 19.4. The Bertz CT molecular complexity index is 799. The van der Waals surface area contributed by atoms with E-state index in [9.17, 15) is 13.2 Å². The second-order valence-corrected chi connectivity index (χ2v) is 7.38. The third kappa shape index (κ3) is 6.41. The van der Waals surface area contributed by atoms with Crippen LogP contribution in [0.3, 0.4) is 0 Å². The van der Waals surface area contributed by atoms with Crippen LogP contribution in [0.5, 0.6) is 0 Å². The lowest BCUT2D eigenvalue weighted by molar-refractivity contribution is -0.192. The zero-order valence-corrected chi connectivity index (χ0v) is 16.3. The van der Waals surface area contributed by atoms with Gasteiger partial charge in [0.25, 0.3) is 0 Å². The first-order valence-electron chi connectivity index (χ1n) is 9.13. The van der Waals surface area contributed by atoms with Crippen LogP contribution < -0.4 is 11.1 Å². The summed E-state index contributed by atoms with van der Waals surface area (Å²) in [6, 6.07) is 6.38. The Morgan fingerprint density at radius 3 is 2.34 bits per heavy atom. The summed E-state index contributed by atoms with van der Waals surface area (Å²) >= 11 is 0. The van der Waals surface area contributed by atoms with E-state index in [2.05, 4.69) is 27.5 Å². The zero-order chi connectivity index (χ0) is 21.7. The minimum Gasteiger partial charge on any atom is -0.475 e. The summed E-state index contributed by atoms with van der Waals surface area (Å²) in [7, 11) is 1.90. The fraction of sp³-hybridized carbons (Fsp3) is 0.556. The summed E-state index contributed by atoms with van der Waals surface area (Å²) in [6.45, 7) is 3.06. The summed E-state index contributed by atoms with van der Waals surface area (Å²) in [6.07, 6.45) is 1.29. The molecule has 0 saturated heterocycles. The van der Waals surface area contributed by atoms with Gasteiger partial charge in [-0.25, -0.2) is 4.79 Å². The normalized spacial score (nSPS) is 21.8. The number of carboxylic acid groups (broad SMARTS) is 1. The van der Waals surface area contributed by atoms with Crippen molar-refractivity contribution in [1.82, 2.24) is 20.0 Å². The summed E-state index contributed by atoms with van der Waals surface area (Å²) in [4.78, 5) is 8.90. The third-order valence-electron chi connectivity index (χ3n) is 5.03. The van der Waals surface area contributed by atoms with Crippen LogP contribution in [0, 0.1) is 5.41 Å². The number of aryl methyl sites for hydroxylation is 1. The number of halogens is 3. The van der Waals surface area contributed by atoms with Crippen molar-refractivity contribution in [2.75, 3.05) is 11.9 Å². The predicted octanol–water partition coefficient (Wildman–Crippen LogP) is 2.83. The lowest BCUT2D eigenvalue weighted by Gasteiger charge is -2.36. The van der Waals surface area contributed by atoms with Gasteiger partial charge in [-0.2, -0.15) is 18.3 Å². The predicted molar refractivity (Wildman–Crippen MR) is 101 cm³/mol. The molecule has 8 nitrogen and oxygen atoms in total. The lowest BCUT2D eigenvalue weighted by Crippen LogP contribution is -2.36. The van der Waals surface area contributed by atoms with Crippen molar-refractivity contribution in [3.63, 3.8) is 0 Å². The molecule has 1 fully saturated rings. The van der Waals surface area contributed by atoms with E-state index in [-0.39, 0.29) is 0 Å². The molecule has 1 saturated carbocycles. The van der Waals surface area contributed by atoms with Crippen LogP contribution in [0.15, 0.2) is 24.4 Å². The fourth-order valence-corrected chi connectivity index (χ4v) is 3.04. The summed E-state index contributed by atoms with van der Waals surface area (Å²) in [5, 5.41) is 23.4. The van der Waals surface area contributed by atoms with Gasteiger partial charge >= 0.3 is 12.1 Å². The maximum Gasteiger partial charge on any atom is 0.490 e. The molecule has 0 aliphatic heterocycles. The Hall–Kier alpha value is -2.69. The van der Waals surface area contributed by atoms with E-state index in [4.69, 9.17) is 15.6 Å². The molecule has 2 aromatic heterocycles. The van der Waals surface area contributed by atoms with Gasteiger partial charge in [-0.1, -0.05) is 6.92 Å². The third-order valence-corrected chi connectivity index (χ3v) is 5.03. The number of anilines is 1. The molecule has 160 valence electrons. The van der Waals surface area contributed by atoms with Gasteiger partial charge in [0.2, 0.25) is 0 Å². The van der Waals surface area contributed by atoms with Crippen molar-refractivity contribution in [3.8, 4) is 11.4 Å². The highest BCUT2D eigenvalue weighted by molar-refractivity contribution is 5.73. The van der Waals surface area contributed by atoms with Gasteiger partial charge < -0.3 is 16.2 Å². The molecular weight excluding hydrogens is 389 g/mol. The van der Waals surface area contributed by atoms with E-state index in [0.29, 0.717) is 11.5 Å². The Labute approximate surface area is 166 Å². The monoisotopic (exact) mass is 414 g/mol. The van der Waals surface area contributed by atoms with Crippen LogP contribution in [-0.4, -0.2) is 49.8 Å². The van der Waals surface area contributed by atoms with Gasteiger partial charge in [0.05, 0.1) is 5.69 Å². The summed E-state index contributed by atoms with van der Waals surface area (Å²) < 4.78 is 33.5. The SMILES string of the molecule is Cn1nccc1-c1ccc(NC2CCC(C)(CN)CC2)nn1.O=C(O)C(F)(F)F. The smallest absolute Gasteiger partial charge is 0.475 e. The number of nitrogens with two attached hydrogens (primary N) is 1. The molecule has 11 heteroatoms. The van der Waals surface area contributed by atoms with Gasteiger partial charge in [-0.05, 0) is 55.8 Å². The minimum atomic E-state index is -5.08. The van der Waals surface area contributed by atoms with Gasteiger partial charge in [0.15, 0.2) is 0 Å². The molecule has 0 amide bonds. The molecule has 3 rings (SSSR count). The van der Waals surface area contributed by atoms with Gasteiger partial charge in [-0.15, -0.1) is 10.2 Å². The Balaban J connectivity index is 0.000000370. The first-order chi connectivity index (χ1) is 13.5. The molecule has 0 radical (unpaired) electrons. The van der Waals surface area contributed by atoms with E-state index in [1.54, 1.807) is 10.9 Å². The molecule has 1 aliphatic rings. The maximum absolute atomic E-state index is 10.6. The molecule has 0 bridgehead atoms. The molecule has 2 aromatic rings. The number of hydrogen-bond donors (Lipinski definition) is 3. The molecular formula is C18H25F3N6O2. The fourth-order valence-electron chi connectivity index (χ4n) is 3.04. The van der Waals surface area contributed by atoms with Crippen LogP contribution >= 0.6 is 0 Å². The van der Waals surface area contributed by atoms with E-state index < -0.39 is 12.1 Å². The summed E-state index contributed by atoms with van der Waals surface area (Å²) in [5.41, 5.74) is 7.98. The van der Waals surface area contributed by atoms with Crippen molar-refractivity contribution in [3.05, 3.63) is 24.4 Å². The number of nitrogens with zero attached hydrogens (tertiary/aromatic N) is 4. The lowest BCUT2D eigenvalue weighted by atomic mass is 9.74. The number of nitrogens with one attached hydrogen (secondary N) is 1. The van der Waals surface area contributed by atoms with Gasteiger partial charge in [0.1, 0.15) is 11.5 Å². The van der Waals surface area contributed by atoms with Crippen molar-refractivity contribution < 1.29 is 23.1 Å². The minimum absolute atomic E-state index is 0.313. The molecule has 1 aliphatic carbocycles. The topological polar surface area (TPSA) is 119 Å². The molecule has 2 heterocycles. The zero-order valence-electron chi connectivity index (χ0n) is 16.3. The highest BCUT2D eigenvalue weighted by Crippen LogP contribution is 2.35. The highest BCUT2D eigenvalue weighted by Gasteiger charge is 2.38. The number of alkyl halides is 3. The average molecular weight is 414 g/mol. The number of aromatic nitrogens is 4. The second kappa shape index (κ2) is 9.21. The molecule has 0 unspecified atom stereocenters. The van der Waals surface area contributed by atoms with Crippen LogP contribution in [-0.2, 0) is 11.8 Å². The Morgan fingerprint density at radius 1 is 1.31 bits per heavy atom. The van der Waals surface area contributed by atoms with Crippen molar-refractivity contribution >= 4 is 11.8 Å². The van der Waals surface area contributed by atoms with Crippen LogP contribution in [0.1, 0.15) is 32.6 Å². The van der Waals surface area contributed by atoms with E-state index in [0.717, 1.165) is 36.6 Å². The number of hydrogen-bond acceptors (Lipinski definition) is 6. The first kappa shape index (κ1) is 22.6.